The van der Waals surface area contributed by atoms with Crippen LogP contribution in [0.2, 0.25) is 0 Å². The zero-order valence-electron chi connectivity index (χ0n) is 10.1. The summed E-state index contributed by atoms with van der Waals surface area (Å²) in [5.74, 6) is 2.01. The molecule has 4 nitrogen and oxygen atoms in total. The molecular weight excluding hydrogens is 220 g/mol. The van der Waals surface area contributed by atoms with Crippen molar-refractivity contribution in [2.24, 2.45) is 0 Å². The molecule has 0 unspecified atom stereocenters. The van der Waals surface area contributed by atoms with E-state index in [1.807, 2.05) is 12.1 Å². The molecule has 1 heterocycles. The van der Waals surface area contributed by atoms with Gasteiger partial charge in [0, 0.05) is 18.4 Å². The van der Waals surface area contributed by atoms with E-state index in [-0.39, 0.29) is 5.78 Å². The van der Waals surface area contributed by atoms with E-state index in [1.54, 1.807) is 14.0 Å². The van der Waals surface area contributed by atoms with Gasteiger partial charge >= 0.3 is 0 Å². The van der Waals surface area contributed by atoms with Crippen LogP contribution in [0, 0.1) is 0 Å². The summed E-state index contributed by atoms with van der Waals surface area (Å²) in [6.45, 7) is 2.80. The molecule has 92 valence electrons. The largest absolute Gasteiger partial charge is 0.492 e. The van der Waals surface area contributed by atoms with Crippen molar-refractivity contribution in [1.82, 2.24) is 0 Å². The van der Waals surface area contributed by atoms with Gasteiger partial charge in [-0.15, -0.1) is 0 Å². The first kappa shape index (κ1) is 11.8. The van der Waals surface area contributed by atoms with Gasteiger partial charge in [-0.25, -0.2) is 0 Å². The summed E-state index contributed by atoms with van der Waals surface area (Å²) >= 11 is 0. The van der Waals surface area contributed by atoms with Crippen LogP contribution in [0.1, 0.15) is 18.9 Å². The van der Waals surface area contributed by atoms with Gasteiger partial charge in [0.1, 0.15) is 5.78 Å². The van der Waals surface area contributed by atoms with Crippen LogP contribution in [0.15, 0.2) is 12.1 Å². The molecule has 1 aliphatic heterocycles. The third kappa shape index (κ3) is 2.52. The van der Waals surface area contributed by atoms with E-state index in [0.717, 1.165) is 12.0 Å². The van der Waals surface area contributed by atoms with Crippen molar-refractivity contribution in [2.75, 3.05) is 20.3 Å². The van der Waals surface area contributed by atoms with E-state index in [4.69, 9.17) is 14.2 Å². The second-order valence-electron chi connectivity index (χ2n) is 4.01. The second kappa shape index (κ2) is 5.08. The van der Waals surface area contributed by atoms with Gasteiger partial charge in [-0.3, -0.25) is 4.79 Å². The Morgan fingerprint density at radius 1 is 1.35 bits per heavy atom. The van der Waals surface area contributed by atoms with Gasteiger partial charge in [0.25, 0.3) is 0 Å². The lowest BCUT2D eigenvalue weighted by Gasteiger charge is -2.14. The Morgan fingerprint density at radius 2 is 2.12 bits per heavy atom. The van der Waals surface area contributed by atoms with Crippen molar-refractivity contribution in [3.63, 3.8) is 0 Å². The van der Waals surface area contributed by atoms with Gasteiger partial charge in [0.15, 0.2) is 11.5 Å². The number of methoxy groups -OCH3 is 1. The Morgan fingerprint density at radius 3 is 2.82 bits per heavy atom. The minimum absolute atomic E-state index is 0.0952. The molecule has 1 aromatic rings. The molecule has 0 fully saturated rings. The third-order valence-electron chi connectivity index (χ3n) is 2.59. The van der Waals surface area contributed by atoms with Crippen LogP contribution in [0.3, 0.4) is 0 Å². The van der Waals surface area contributed by atoms with Crippen LogP contribution in [-0.4, -0.2) is 26.1 Å². The average Bonchev–Trinajstić information content (AvgIpc) is 2.53. The Balaban J connectivity index is 2.42. The number of rotatable bonds is 3. The summed E-state index contributed by atoms with van der Waals surface area (Å²) in [5.41, 5.74) is 0.837. The van der Waals surface area contributed by atoms with Gasteiger partial charge in [0.05, 0.1) is 20.3 Å². The fourth-order valence-corrected chi connectivity index (χ4v) is 1.88. The number of hydrogen-bond donors (Lipinski definition) is 0. The highest BCUT2D eigenvalue weighted by atomic mass is 16.5. The van der Waals surface area contributed by atoms with E-state index in [9.17, 15) is 4.79 Å². The van der Waals surface area contributed by atoms with Crippen LogP contribution < -0.4 is 14.2 Å². The number of Topliss-reactive ketones (excluding diaryl/α,β-unsaturated/α-hetero) is 1. The minimum atomic E-state index is 0.0952. The highest BCUT2D eigenvalue weighted by molar-refractivity contribution is 5.79. The predicted molar refractivity (Wildman–Crippen MR) is 63.0 cm³/mol. The number of fused-ring (bicyclic) bond motifs is 1. The maximum atomic E-state index is 11.2. The average molecular weight is 236 g/mol. The smallest absolute Gasteiger partial charge is 0.203 e. The molecule has 0 radical (unpaired) electrons. The van der Waals surface area contributed by atoms with Gasteiger partial charge in [-0.05, 0) is 13.0 Å². The van der Waals surface area contributed by atoms with Crippen LogP contribution >= 0.6 is 0 Å². The molecule has 0 aliphatic carbocycles. The lowest BCUT2D eigenvalue weighted by atomic mass is 10.1. The van der Waals surface area contributed by atoms with Crippen molar-refractivity contribution in [3.05, 3.63) is 17.7 Å². The monoisotopic (exact) mass is 236 g/mol. The zero-order valence-corrected chi connectivity index (χ0v) is 10.1. The summed E-state index contributed by atoms with van der Waals surface area (Å²) in [6, 6.07) is 3.69. The molecular formula is C13H16O4. The van der Waals surface area contributed by atoms with Crippen LogP contribution in [-0.2, 0) is 11.2 Å². The number of ketones is 1. The molecule has 0 bridgehead atoms. The normalized spacial score (nSPS) is 14.0. The molecule has 0 atom stereocenters. The molecule has 0 aromatic heterocycles. The molecule has 4 heteroatoms. The minimum Gasteiger partial charge on any atom is -0.492 e. The van der Waals surface area contributed by atoms with Crippen LogP contribution in [0.4, 0.5) is 0 Å². The fourth-order valence-electron chi connectivity index (χ4n) is 1.88. The lowest BCUT2D eigenvalue weighted by Crippen LogP contribution is -2.03. The Hall–Kier alpha value is -1.71. The summed E-state index contributed by atoms with van der Waals surface area (Å²) < 4.78 is 16.5. The molecule has 0 saturated heterocycles. The molecule has 1 aliphatic rings. The van der Waals surface area contributed by atoms with Gasteiger partial charge < -0.3 is 14.2 Å². The highest BCUT2D eigenvalue weighted by Crippen LogP contribution is 2.41. The van der Waals surface area contributed by atoms with E-state index < -0.39 is 0 Å². The Bertz CT molecular complexity index is 426. The maximum Gasteiger partial charge on any atom is 0.203 e. The number of carbonyl (C=O) groups excluding carboxylic acids is 1. The SMILES string of the molecule is COc1c(CC(C)=O)ccc2c1OCCCO2. The molecule has 1 aromatic carbocycles. The van der Waals surface area contributed by atoms with Crippen molar-refractivity contribution < 1.29 is 19.0 Å². The van der Waals surface area contributed by atoms with Gasteiger partial charge in [-0.1, -0.05) is 6.07 Å². The standard InChI is InChI=1S/C13H16O4/c1-9(14)8-10-4-5-11-13(12(10)15-2)17-7-3-6-16-11/h4-5H,3,6-8H2,1-2H3. The quantitative estimate of drug-likeness (QED) is 0.805. The summed E-state index contributed by atoms with van der Waals surface area (Å²) in [4.78, 5) is 11.2. The summed E-state index contributed by atoms with van der Waals surface area (Å²) in [5, 5.41) is 0. The summed E-state index contributed by atoms with van der Waals surface area (Å²) in [7, 11) is 1.58. The second-order valence-corrected chi connectivity index (χ2v) is 4.01. The predicted octanol–water partition coefficient (Wildman–Crippen LogP) is 1.99. The van der Waals surface area contributed by atoms with Crippen molar-refractivity contribution in [3.8, 4) is 17.2 Å². The molecule has 2 rings (SSSR count). The first-order chi connectivity index (χ1) is 8.22. The molecule has 0 spiro atoms. The van der Waals surface area contributed by atoms with Crippen LogP contribution in [0.5, 0.6) is 17.2 Å². The van der Waals surface area contributed by atoms with Crippen molar-refractivity contribution >= 4 is 5.78 Å². The maximum absolute atomic E-state index is 11.2. The molecule has 0 amide bonds. The summed E-state index contributed by atoms with van der Waals surface area (Å²) in [6.07, 6.45) is 1.19. The Kier molecular flexibility index (Phi) is 3.52. The molecule has 0 saturated carbocycles. The van der Waals surface area contributed by atoms with E-state index in [1.165, 1.54) is 0 Å². The van der Waals surface area contributed by atoms with E-state index in [0.29, 0.717) is 36.9 Å². The van der Waals surface area contributed by atoms with Crippen molar-refractivity contribution in [1.29, 1.82) is 0 Å². The van der Waals surface area contributed by atoms with Gasteiger partial charge in [-0.2, -0.15) is 0 Å². The number of hydrogen-bond acceptors (Lipinski definition) is 4. The Labute approximate surface area is 100 Å². The number of ether oxygens (including phenoxy) is 3. The van der Waals surface area contributed by atoms with E-state index >= 15 is 0 Å². The lowest BCUT2D eigenvalue weighted by molar-refractivity contribution is -0.116. The third-order valence-corrected chi connectivity index (χ3v) is 2.59. The topological polar surface area (TPSA) is 44.8 Å². The molecule has 0 N–H and O–H groups in total. The number of benzene rings is 1. The number of carbonyl (C=O) groups is 1. The highest BCUT2D eigenvalue weighted by Gasteiger charge is 2.19. The van der Waals surface area contributed by atoms with E-state index in [2.05, 4.69) is 0 Å². The van der Waals surface area contributed by atoms with Crippen LogP contribution in [0.25, 0.3) is 0 Å². The van der Waals surface area contributed by atoms with Crippen molar-refractivity contribution in [2.45, 2.75) is 19.8 Å². The first-order valence-corrected chi connectivity index (χ1v) is 5.67. The first-order valence-electron chi connectivity index (χ1n) is 5.67. The molecule has 17 heavy (non-hydrogen) atoms. The fraction of sp³-hybridized carbons (Fsp3) is 0.462. The zero-order chi connectivity index (χ0) is 12.3. The van der Waals surface area contributed by atoms with Gasteiger partial charge in [0.2, 0.25) is 5.75 Å².